The zero-order chi connectivity index (χ0) is 18.7. The summed E-state index contributed by atoms with van der Waals surface area (Å²) in [6, 6.07) is 7.54. The zero-order valence-corrected chi connectivity index (χ0v) is 14.6. The second kappa shape index (κ2) is 7.49. The molecule has 138 valence electrons. The van der Waals surface area contributed by atoms with Crippen LogP contribution in [0.5, 0.6) is 0 Å². The lowest BCUT2D eigenvalue weighted by Gasteiger charge is -2.24. The third kappa shape index (κ3) is 4.24. The van der Waals surface area contributed by atoms with Crippen LogP contribution in [0.25, 0.3) is 0 Å². The first-order valence-electron chi connectivity index (χ1n) is 8.14. The minimum absolute atomic E-state index is 0.0716. The summed E-state index contributed by atoms with van der Waals surface area (Å²) >= 11 is 1.47. The Hall–Kier alpha value is -2.35. The van der Waals surface area contributed by atoms with Gasteiger partial charge in [0.25, 0.3) is 0 Å². The number of amides is 2. The number of anilines is 1. The van der Waals surface area contributed by atoms with Crippen molar-refractivity contribution in [1.82, 2.24) is 4.90 Å². The average molecular weight is 382 g/mol. The van der Waals surface area contributed by atoms with Gasteiger partial charge in [0.1, 0.15) is 6.04 Å². The molecule has 0 aliphatic carbocycles. The molecule has 8 heteroatoms. The number of alkyl halides is 3. The van der Waals surface area contributed by atoms with Crippen LogP contribution in [0.2, 0.25) is 0 Å². The third-order valence-corrected chi connectivity index (χ3v) is 5.12. The summed E-state index contributed by atoms with van der Waals surface area (Å²) in [6.07, 6.45) is -3.06. The number of nitrogens with zero attached hydrogens (tertiary/aromatic N) is 1. The largest absolute Gasteiger partial charge is 0.416 e. The number of thiophene rings is 1. The van der Waals surface area contributed by atoms with Crippen molar-refractivity contribution >= 4 is 28.8 Å². The van der Waals surface area contributed by atoms with E-state index < -0.39 is 23.7 Å². The number of hydrogen-bond donors (Lipinski definition) is 1. The summed E-state index contributed by atoms with van der Waals surface area (Å²) < 4.78 is 38.4. The van der Waals surface area contributed by atoms with E-state index in [9.17, 15) is 22.8 Å². The number of likely N-dealkylation sites (tertiary alicyclic amines) is 1. The van der Waals surface area contributed by atoms with Crippen LogP contribution < -0.4 is 5.32 Å². The van der Waals surface area contributed by atoms with Gasteiger partial charge in [-0.15, -0.1) is 11.3 Å². The molecule has 1 aliphatic heterocycles. The van der Waals surface area contributed by atoms with Crippen LogP contribution in [-0.4, -0.2) is 29.3 Å². The van der Waals surface area contributed by atoms with Gasteiger partial charge < -0.3 is 10.2 Å². The SMILES string of the molecule is O=C(Nc1cccc(C(F)(F)F)c1)C1CCCN1C(=O)Cc1cccs1. The lowest BCUT2D eigenvalue weighted by molar-refractivity contribution is -0.137. The summed E-state index contributed by atoms with van der Waals surface area (Å²) in [6.45, 7) is 0.477. The van der Waals surface area contributed by atoms with Gasteiger partial charge in [0.2, 0.25) is 11.8 Å². The standard InChI is InChI=1S/C18H17F3N2O2S/c19-18(20,21)12-4-1-5-13(10-12)22-17(25)15-7-2-8-23(15)16(24)11-14-6-3-9-26-14/h1,3-6,9-10,15H,2,7-8,11H2,(H,22,25). The van der Waals surface area contributed by atoms with Gasteiger partial charge in [-0.05, 0) is 42.5 Å². The van der Waals surface area contributed by atoms with Crippen molar-refractivity contribution in [3.63, 3.8) is 0 Å². The smallest absolute Gasteiger partial charge is 0.330 e. The summed E-state index contributed by atoms with van der Waals surface area (Å²) in [5, 5.41) is 4.39. The van der Waals surface area contributed by atoms with E-state index in [1.54, 1.807) is 0 Å². The number of nitrogens with one attached hydrogen (secondary N) is 1. The number of carbonyl (C=O) groups excluding carboxylic acids is 2. The summed E-state index contributed by atoms with van der Waals surface area (Å²) in [5.41, 5.74) is -0.755. The normalized spacial score (nSPS) is 17.3. The van der Waals surface area contributed by atoms with E-state index in [1.807, 2.05) is 17.5 Å². The number of halogens is 3. The average Bonchev–Trinajstić information content (AvgIpc) is 3.25. The quantitative estimate of drug-likeness (QED) is 0.871. The van der Waals surface area contributed by atoms with E-state index in [0.29, 0.717) is 19.4 Å². The first kappa shape index (κ1) is 18.4. The highest BCUT2D eigenvalue weighted by Crippen LogP contribution is 2.31. The maximum Gasteiger partial charge on any atom is 0.416 e. The molecule has 1 atom stereocenters. The van der Waals surface area contributed by atoms with Gasteiger partial charge in [0, 0.05) is 17.1 Å². The fraction of sp³-hybridized carbons (Fsp3) is 0.333. The Morgan fingerprint density at radius 2 is 2.04 bits per heavy atom. The maximum absolute atomic E-state index is 12.8. The lowest BCUT2D eigenvalue weighted by Crippen LogP contribution is -2.43. The minimum Gasteiger partial charge on any atom is -0.330 e. The summed E-state index contributed by atoms with van der Waals surface area (Å²) in [7, 11) is 0. The molecule has 0 bridgehead atoms. The second-order valence-electron chi connectivity index (χ2n) is 6.07. The highest BCUT2D eigenvalue weighted by Gasteiger charge is 2.35. The van der Waals surface area contributed by atoms with Gasteiger partial charge in [-0.25, -0.2) is 0 Å². The van der Waals surface area contributed by atoms with Gasteiger partial charge in [0.05, 0.1) is 12.0 Å². The maximum atomic E-state index is 12.8. The van der Waals surface area contributed by atoms with E-state index in [4.69, 9.17) is 0 Å². The molecule has 1 aliphatic rings. The molecule has 4 nitrogen and oxygen atoms in total. The first-order chi connectivity index (χ1) is 12.3. The van der Waals surface area contributed by atoms with Crippen molar-refractivity contribution in [3.8, 4) is 0 Å². The first-order valence-corrected chi connectivity index (χ1v) is 9.02. The van der Waals surface area contributed by atoms with Crippen LogP contribution in [0.4, 0.5) is 18.9 Å². The number of rotatable bonds is 4. The van der Waals surface area contributed by atoms with Crippen LogP contribution in [0, 0.1) is 0 Å². The highest BCUT2D eigenvalue weighted by molar-refractivity contribution is 7.10. The topological polar surface area (TPSA) is 49.4 Å². The highest BCUT2D eigenvalue weighted by atomic mass is 32.1. The molecule has 1 N–H and O–H groups in total. The van der Waals surface area contributed by atoms with Crippen LogP contribution in [-0.2, 0) is 22.2 Å². The predicted octanol–water partition coefficient (Wildman–Crippen LogP) is 3.94. The number of carbonyl (C=O) groups is 2. The van der Waals surface area contributed by atoms with Gasteiger partial charge in [-0.1, -0.05) is 12.1 Å². The van der Waals surface area contributed by atoms with Gasteiger partial charge >= 0.3 is 6.18 Å². The molecule has 1 aromatic carbocycles. The predicted molar refractivity (Wildman–Crippen MR) is 92.8 cm³/mol. The zero-order valence-electron chi connectivity index (χ0n) is 13.8. The Labute approximate surface area is 152 Å². The van der Waals surface area contributed by atoms with E-state index >= 15 is 0 Å². The summed E-state index contributed by atoms with van der Waals surface area (Å²) in [5.74, 6) is -0.601. The molecule has 2 amide bonds. The fourth-order valence-corrected chi connectivity index (χ4v) is 3.70. The van der Waals surface area contributed by atoms with Crippen molar-refractivity contribution in [2.45, 2.75) is 31.5 Å². The van der Waals surface area contributed by atoms with Crippen LogP contribution in [0.1, 0.15) is 23.3 Å². The molecule has 2 aromatic rings. The van der Waals surface area contributed by atoms with Crippen LogP contribution in [0.3, 0.4) is 0 Å². The molecule has 1 fully saturated rings. The van der Waals surface area contributed by atoms with Crippen LogP contribution in [0.15, 0.2) is 41.8 Å². The number of hydrogen-bond acceptors (Lipinski definition) is 3. The Morgan fingerprint density at radius 1 is 1.23 bits per heavy atom. The third-order valence-electron chi connectivity index (χ3n) is 4.24. The van der Waals surface area contributed by atoms with E-state index in [2.05, 4.69) is 5.32 Å². The van der Waals surface area contributed by atoms with Crippen molar-refractivity contribution < 1.29 is 22.8 Å². The minimum atomic E-state index is -4.48. The molecule has 2 heterocycles. The fourth-order valence-electron chi connectivity index (χ4n) is 3.00. The van der Waals surface area contributed by atoms with E-state index in [0.717, 1.165) is 17.0 Å². The van der Waals surface area contributed by atoms with Crippen molar-refractivity contribution in [2.75, 3.05) is 11.9 Å². The summed E-state index contributed by atoms with van der Waals surface area (Å²) in [4.78, 5) is 27.4. The lowest BCUT2D eigenvalue weighted by atomic mass is 10.1. The molecule has 0 spiro atoms. The molecule has 1 aromatic heterocycles. The Morgan fingerprint density at radius 3 is 2.73 bits per heavy atom. The Bertz CT molecular complexity index is 790. The van der Waals surface area contributed by atoms with Crippen molar-refractivity contribution in [3.05, 3.63) is 52.2 Å². The molecule has 3 rings (SSSR count). The Balaban J connectivity index is 1.68. The molecule has 0 saturated carbocycles. The van der Waals surface area contributed by atoms with Crippen molar-refractivity contribution in [2.24, 2.45) is 0 Å². The molecular weight excluding hydrogens is 365 g/mol. The van der Waals surface area contributed by atoms with Gasteiger partial charge in [-0.3, -0.25) is 9.59 Å². The molecule has 0 radical (unpaired) electrons. The molecular formula is C18H17F3N2O2S. The van der Waals surface area contributed by atoms with E-state index in [-0.39, 0.29) is 18.0 Å². The molecule has 1 saturated heterocycles. The Kier molecular flexibility index (Phi) is 5.31. The monoisotopic (exact) mass is 382 g/mol. The van der Waals surface area contributed by atoms with E-state index in [1.165, 1.54) is 28.4 Å². The van der Waals surface area contributed by atoms with Crippen molar-refractivity contribution in [1.29, 1.82) is 0 Å². The van der Waals surface area contributed by atoms with Crippen LogP contribution >= 0.6 is 11.3 Å². The molecule has 1 unspecified atom stereocenters. The van der Waals surface area contributed by atoms with Gasteiger partial charge in [0.15, 0.2) is 0 Å². The molecule has 26 heavy (non-hydrogen) atoms. The second-order valence-corrected chi connectivity index (χ2v) is 7.10. The number of benzene rings is 1. The van der Waals surface area contributed by atoms with Gasteiger partial charge in [-0.2, -0.15) is 13.2 Å².